The number of aromatic nitrogens is 2. The zero-order chi connectivity index (χ0) is 17.8. The molecule has 0 radical (unpaired) electrons. The van der Waals surface area contributed by atoms with Gasteiger partial charge in [0.25, 0.3) is 11.8 Å². The Hall–Kier alpha value is -2.99. The quantitative estimate of drug-likeness (QED) is 0.771. The third-order valence-electron chi connectivity index (χ3n) is 4.68. The predicted molar refractivity (Wildman–Crippen MR) is 96.5 cm³/mol. The molecule has 0 unspecified atom stereocenters. The second-order valence-electron chi connectivity index (χ2n) is 6.46. The molecule has 1 amide bonds. The number of carbonyl (C=O) groups excluding carboxylic acids is 1. The van der Waals surface area contributed by atoms with E-state index >= 15 is 0 Å². The maximum atomic E-state index is 12.5. The Labute approximate surface area is 152 Å². The number of carbonyl (C=O) groups is 1. The third-order valence-corrected chi connectivity index (χ3v) is 4.68. The van der Waals surface area contributed by atoms with Gasteiger partial charge in [0.1, 0.15) is 0 Å². The first kappa shape index (κ1) is 16.5. The van der Waals surface area contributed by atoms with Gasteiger partial charge in [-0.05, 0) is 12.1 Å². The van der Waals surface area contributed by atoms with E-state index in [-0.39, 0.29) is 5.91 Å². The van der Waals surface area contributed by atoms with E-state index in [1.807, 2.05) is 65.6 Å². The van der Waals surface area contributed by atoms with Crippen LogP contribution < -0.4 is 4.90 Å². The summed E-state index contributed by atoms with van der Waals surface area (Å²) in [6.45, 7) is 3.92. The van der Waals surface area contributed by atoms with Gasteiger partial charge in [0, 0.05) is 11.1 Å². The van der Waals surface area contributed by atoms with Gasteiger partial charge in [0.2, 0.25) is 5.82 Å². The molecular formula is C20H21N4O2+. The van der Waals surface area contributed by atoms with Crippen LogP contribution in [0.4, 0.5) is 0 Å². The van der Waals surface area contributed by atoms with E-state index in [4.69, 9.17) is 4.52 Å². The second kappa shape index (κ2) is 7.49. The van der Waals surface area contributed by atoms with Crippen molar-refractivity contribution in [1.29, 1.82) is 0 Å². The second-order valence-corrected chi connectivity index (χ2v) is 6.46. The molecule has 0 aliphatic carbocycles. The zero-order valence-corrected chi connectivity index (χ0v) is 14.5. The molecule has 1 aliphatic rings. The molecule has 4 rings (SSSR count). The van der Waals surface area contributed by atoms with Crippen LogP contribution >= 0.6 is 0 Å². The molecule has 0 atom stereocenters. The summed E-state index contributed by atoms with van der Waals surface area (Å²) in [6.07, 6.45) is 0. The predicted octanol–water partition coefficient (Wildman–Crippen LogP) is 1.28. The normalized spacial score (nSPS) is 15.2. The Balaban J connectivity index is 1.33. The van der Waals surface area contributed by atoms with Crippen LogP contribution in [-0.4, -0.2) is 47.1 Å². The van der Waals surface area contributed by atoms with E-state index in [1.54, 1.807) is 0 Å². The van der Waals surface area contributed by atoms with Crippen LogP contribution in [0, 0.1) is 0 Å². The summed E-state index contributed by atoms with van der Waals surface area (Å²) in [5.74, 6) is 1.37. The summed E-state index contributed by atoms with van der Waals surface area (Å²) in [6, 6.07) is 19.3. The molecule has 132 valence electrons. The lowest BCUT2D eigenvalue weighted by Gasteiger charge is -2.31. The lowest BCUT2D eigenvalue weighted by molar-refractivity contribution is -0.918. The minimum atomic E-state index is 0.105. The van der Waals surface area contributed by atoms with Gasteiger partial charge in [0.15, 0.2) is 6.54 Å². The number of rotatable bonds is 4. The standard InChI is InChI=1S/C20H20N4O2/c25-20(17-9-5-2-6-10-17)24-13-11-23(12-14-24)15-18-21-19(22-26-18)16-7-3-1-4-8-16/h1-10H,11-15H2/p+1. The van der Waals surface area contributed by atoms with Gasteiger partial charge < -0.3 is 14.3 Å². The van der Waals surface area contributed by atoms with Gasteiger partial charge in [-0.25, -0.2) is 0 Å². The highest BCUT2D eigenvalue weighted by atomic mass is 16.5. The topological polar surface area (TPSA) is 63.7 Å². The summed E-state index contributed by atoms with van der Waals surface area (Å²) < 4.78 is 5.40. The van der Waals surface area contributed by atoms with E-state index in [0.29, 0.717) is 18.3 Å². The molecule has 1 fully saturated rings. The molecule has 3 aromatic rings. The van der Waals surface area contributed by atoms with Crippen LogP contribution in [0.5, 0.6) is 0 Å². The van der Waals surface area contributed by atoms with E-state index in [9.17, 15) is 4.79 Å². The fourth-order valence-corrected chi connectivity index (χ4v) is 3.21. The highest BCUT2D eigenvalue weighted by Gasteiger charge is 2.26. The fraction of sp³-hybridized carbons (Fsp3) is 0.250. The molecule has 2 heterocycles. The van der Waals surface area contributed by atoms with E-state index in [1.165, 1.54) is 4.90 Å². The van der Waals surface area contributed by atoms with Gasteiger partial charge in [-0.2, -0.15) is 4.98 Å². The van der Waals surface area contributed by atoms with Gasteiger partial charge in [-0.15, -0.1) is 0 Å². The molecule has 0 bridgehead atoms. The zero-order valence-electron chi connectivity index (χ0n) is 14.5. The van der Waals surface area contributed by atoms with Crippen LogP contribution in [0.1, 0.15) is 16.2 Å². The number of hydrogen-bond acceptors (Lipinski definition) is 4. The van der Waals surface area contributed by atoms with Crippen molar-refractivity contribution in [3.05, 3.63) is 72.1 Å². The molecule has 26 heavy (non-hydrogen) atoms. The maximum Gasteiger partial charge on any atom is 0.282 e. The third kappa shape index (κ3) is 3.65. The number of hydrogen-bond donors (Lipinski definition) is 1. The Morgan fingerprint density at radius 2 is 1.65 bits per heavy atom. The molecule has 0 spiro atoms. The van der Waals surface area contributed by atoms with Crippen LogP contribution in [0.2, 0.25) is 0 Å². The number of benzene rings is 2. The van der Waals surface area contributed by atoms with Crippen LogP contribution in [0.15, 0.2) is 65.2 Å². The van der Waals surface area contributed by atoms with Crippen molar-refractivity contribution in [2.45, 2.75) is 6.54 Å². The largest absolute Gasteiger partial charge is 0.333 e. The average Bonchev–Trinajstić information content (AvgIpc) is 3.18. The van der Waals surface area contributed by atoms with Crippen molar-refractivity contribution < 1.29 is 14.2 Å². The van der Waals surface area contributed by atoms with Crippen LogP contribution in [0.3, 0.4) is 0 Å². The number of amides is 1. The summed E-state index contributed by atoms with van der Waals surface area (Å²) >= 11 is 0. The van der Waals surface area contributed by atoms with E-state index in [2.05, 4.69) is 10.1 Å². The monoisotopic (exact) mass is 349 g/mol. The van der Waals surface area contributed by atoms with Crippen LogP contribution in [-0.2, 0) is 6.54 Å². The highest BCUT2D eigenvalue weighted by molar-refractivity contribution is 5.94. The highest BCUT2D eigenvalue weighted by Crippen LogP contribution is 2.14. The van der Waals surface area contributed by atoms with Crippen molar-refractivity contribution in [1.82, 2.24) is 15.0 Å². The lowest BCUT2D eigenvalue weighted by atomic mass is 10.2. The Morgan fingerprint density at radius 3 is 2.35 bits per heavy atom. The summed E-state index contributed by atoms with van der Waals surface area (Å²) in [5, 5.41) is 4.07. The van der Waals surface area contributed by atoms with Crippen molar-refractivity contribution in [2.75, 3.05) is 26.2 Å². The first-order valence-corrected chi connectivity index (χ1v) is 8.85. The summed E-state index contributed by atoms with van der Waals surface area (Å²) in [7, 11) is 0. The smallest absolute Gasteiger partial charge is 0.282 e. The fourth-order valence-electron chi connectivity index (χ4n) is 3.21. The van der Waals surface area contributed by atoms with Crippen molar-refractivity contribution in [3.8, 4) is 11.4 Å². The SMILES string of the molecule is O=C(c1ccccc1)N1CC[NH+](Cc2nc(-c3ccccc3)no2)CC1. The van der Waals surface area contributed by atoms with Crippen molar-refractivity contribution >= 4 is 5.91 Å². The molecule has 2 aromatic carbocycles. The van der Waals surface area contributed by atoms with Gasteiger partial charge in [0.05, 0.1) is 26.2 Å². The summed E-state index contributed by atoms with van der Waals surface area (Å²) in [5.41, 5.74) is 1.70. The minimum Gasteiger partial charge on any atom is -0.333 e. The number of quaternary nitrogens is 1. The minimum absolute atomic E-state index is 0.105. The van der Waals surface area contributed by atoms with Crippen molar-refractivity contribution in [3.63, 3.8) is 0 Å². The van der Waals surface area contributed by atoms with E-state index < -0.39 is 0 Å². The molecule has 1 aliphatic heterocycles. The first-order valence-electron chi connectivity index (χ1n) is 8.85. The number of nitrogens with one attached hydrogen (secondary N) is 1. The first-order chi connectivity index (χ1) is 12.8. The van der Waals surface area contributed by atoms with Gasteiger partial charge in [-0.3, -0.25) is 4.79 Å². The van der Waals surface area contributed by atoms with Gasteiger partial charge in [-0.1, -0.05) is 53.7 Å². The molecule has 6 heteroatoms. The maximum absolute atomic E-state index is 12.5. The molecule has 6 nitrogen and oxygen atoms in total. The number of piperazine rings is 1. The molecule has 1 N–H and O–H groups in total. The Morgan fingerprint density at radius 1 is 1.00 bits per heavy atom. The number of nitrogens with zero attached hydrogens (tertiary/aromatic N) is 3. The average molecular weight is 349 g/mol. The molecule has 0 saturated carbocycles. The molecular weight excluding hydrogens is 328 g/mol. The van der Waals surface area contributed by atoms with Crippen LogP contribution in [0.25, 0.3) is 11.4 Å². The van der Waals surface area contributed by atoms with Crippen molar-refractivity contribution in [2.24, 2.45) is 0 Å². The lowest BCUT2D eigenvalue weighted by Crippen LogP contribution is -3.13. The van der Waals surface area contributed by atoms with Gasteiger partial charge >= 0.3 is 0 Å². The summed E-state index contributed by atoms with van der Waals surface area (Å²) in [4.78, 5) is 20.3. The Bertz CT molecular complexity index is 856. The van der Waals surface area contributed by atoms with E-state index in [0.717, 1.165) is 37.3 Å². The Kier molecular flexibility index (Phi) is 4.75. The molecule has 1 saturated heterocycles. The molecule has 1 aromatic heterocycles.